The monoisotopic (exact) mass is 273 g/mol. The average Bonchev–Trinajstić information content (AvgIpc) is 2.75. The molecule has 6 heteroatoms. The zero-order valence-corrected chi connectivity index (χ0v) is 9.79. The molecule has 2 aromatic rings. The molecule has 2 aromatic heterocycles. The van der Waals surface area contributed by atoms with E-state index in [0.29, 0.717) is 5.69 Å². The molecular formula is C8H8BrN3OS. The summed E-state index contributed by atoms with van der Waals surface area (Å²) in [5, 5.41) is 15.8. The van der Waals surface area contributed by atoms with Gasteiger partial charge in [0.05, 0.1) is 27.6 Å². The lowest BCUT2D eigenvalue weighted by molar-refractivity contribution is 0.205. The third-order valence-electron chi connectivity index (χ3n) is 1.93. The summed E-state index contributed by atoms with van der Waals surface area (Å²) in [4.78, 5) is 4.06. The first-order valence-electron chi connectivity index (χ1n) is 3.93. The SMILES string of the molecule is Cn1ncc(Br)c1C(O)c1cscn1. The molecule has 1 atom stereocenters. The number of halogens is 1. The molecule has 2 heterocycles. The fourth-order valence-electron chi connectivity index (χ4n) is 1.22. The zero-order valence-electron chi connectivity index (χ0n) is 7.38. The fourth-order valence-corrected chi connectivity index (χ4v) is 2.36. The van der Waals surface area contributed by atoms with Crippen LogP contribution >= 0.6 is 27.3 Å². The van der Waals surface area contributed by atoms with Crippen LogP contribution in [-0.4, -0.2) is 19.9 Å². The third kappa shape index (κ3) is 1.60. The van der Waals surface area contributed by atoms with Crippen molar-refractivity contribution in [1.82, 2.24) is 14.8 Å². The van der Waals surface area contributed by atoms with Gasteiger partial charge in [-0.2, -0.15) is 5.10 Å². The van der Waals surface area contributed by atoms with Crippen LogP contribution in [0, 0.1) is 0 Å². The maximum absolute atomic E-state index is 9.98. The molecule has 0 fully saturated rings. The first-order valence-corrected chi connectivity index (χ1v) is 5.67. The largest absolute Gasteiger partial charge is 0.380 e. The molecule has 0 aliphatic heterocycles. The molecule has 0 radical (unpaired) electrons. The molecule has 1 N–H and O–H groups in total. The van der Waals surface area contributed by atoms with Crippen LogP contribution in [0.5, 0.6) is 0 Å². The van der Waals surface area contributed by atoms with Gasteiger partial charge in [0.1, 0.15) is 6.10 Å². The van der Waals surface area contributed by atoms with Crippen molar-refractivity contribution < 1.29 is 5.11 Å². The van der Waals surface area contributed by atoms with Crippen molar-refractivity contribution in [3.05, 3.63) is 32.9 Å². The van der Waals surface area contributed by atoms with Crippen molar-refractivity contribution >= 4 is 27.3 Å². The van der Waals surface area contributed by atoms with Crippen LogP contribution in [0.2, 0.25) is 0 Å². The highest BCUT2D eigenvalue weighted by Crippen LogP contribution is 2.27. The third-order valence-corrected chi connectivity index (χ3v) is 3.14. The molecule has 0 bridgehead atoms. The van der Waals surface area contributed by atoms with E-state index in [1.807, 2.05) is 5.38 Å². The van der Waals surface area contributed by atoms with Crippen LogP contribution in [0.15, 0.2) is 21.6 Å². The van der Waals surface area contributed by atoms with Gasteiger partial charge in [0.2, 0.25) is 0 Å². The Morgan fingerprint density at radius 3 is 2.93 bits per heavy atom. The quantitative estimate of drug-likeness (QED) is 0.907. The van der Waals surface area contributed by atoms with Crippen molar-refractivity contribution in [2.45, 2.75) is 6.10 Å². The molecule has 2 rings (SSSR count). The van der Waals surface area contributed by atoms with Crippen molar-refractivity contribution in [2.75, 3.05) is 0 Å². The minimum absolute atomic E-state index is 0.652. The molecule has 0 aliphatic rings. The Labute approximate surface area is 93.3 Å². The van der Waals surface area contributed by atoms with Gasteiger partial charge in [-0.25, -0.2) is 4.98 Å². The molecule has 0 saturated heterocycles. The second kappa shape index (κ2) is 3.80. The molecule has 0 spiro atoms. The van der Waals surface area contributed by atoms with Crippen LogP contribution in [0.25, 0.3) is 0 Å². The van der Waals surface area contributed by atoms with Crippen LogP contribution < -0.4 is 0 Å². The summed E-state index contributed by atoms with van der Waals surface area (Å²) in [6.07, 6.45) is 0.938. The minimum Gasteiger partial charge on any atom is -0.380 e. The van der Waals surface area contributed by atoms with Gasteiger partial charge in [0, 0.05) is 12.4 Å². The smallest absolute Gasteiger partial charge is 0.139 e. The highest BCUT2D eigenvalue weighted by molar-refractivity contribution is 9.10. The summed E-state index contributed by atoms with van der Waals surface area (Å²) in [6.45, 7) is 0. The second-order valence-corrected chi connectivity index (χ2v) is 4.39. The van der Waals surface area contributed by atoms with Crippen LogP contribution in [0.4, 0.5) is 0 Å². The lowest BCUT2D eigenvalue weighted by atomic mass is 10.2. The summed E-state index contributed by atoms with van der Waals surface area (Å²) in [5.41, 5.74) is 3.07. The number of aliphatic hydroxyl groups excluding tert-OH is 1. The molecular weight excluding hydrogens is 266 g/mol. The van der Waals surface area contributed by atoms with E-state index in [0.717, 1.165) is 10.2 Å². The van der Waals surface area contributed by atoms with E-state index in [1.165, 1.54) is 11.3 Å². The maximum atomic E-state index is 9.98. The molecule has 14 heavy (non-hydrogen) atoms. The number of aryl methyl sites for hydroxylation is 1. The molecule has 0 saturated carbocycles. The summed E-state index contributed by atoms with van der Waals surface area (Å²) in [7, 11) is 1.79. The Bertz CT molecular complexity index is 406. The highest BCUT2D eigenvalue weighted by Gasteiger charge is 2.19. The van der Waals surface area contributed by atoms with Crippen molar-refractivity contribution in [1.29, 1.82) is 0 Å². The Kier molecular flexibility index (Phi) is 2.66. The predicted octanol–water partition coefficient (Wildman–Crippen LogP) is 1.72. The average molecular weight is 274 g/mol. The molecule has 74 valence electrons. The Morgan fingerprint density at radius 1 is 1.64 bits per heavy atom. The normalized spacial score (nSPS) is 13.1. The zero-order chi connectivity index (χ0) is 10.1. The first kappa shape index (κ1) is 9.82. The van der Waals surface area contributed by atoms with Gasteiger partial charge < -0.3 is 5.11 Å². The lowest BCUT2D eigenvalue weighted by Gasteiger charge is -2.08. The van der Waals surface area contributed by atoms with Gasteiger partial charge in [0.25, 0.3) is 0 Å². The Balaban J connectivity index is 2.41. The van der Waals surface area contributed by atoms with Gasteiger partial charge in [-0.1, -0.05) is 0 Å². The number of aromatic nitrogens is 3. The van der Waals surface area contributed by atoms with Gasteiger partial charge >= 0.3 is 0 Å². The first-order chi connectivity index (χ1) is 6.70. The van der Waals surface area contributed by atoms with Crippen LogP contribution in [0.3, 0.4) is 0 Å². The van der Waals surface area contributed by atoms with Gasteiger partial charge in [-0.05, 0) is 15.9 Å². The van der Waals surface area contributed by atoms with Gasteiger partial charge in [-0.15, -0.1) is 11.3 Å². The maximum Gasteiger partial charge on any atom is 0.139 e. The number of nitrogens with zero attached hydrogens (tertiary/aromatic N) is 3. The van der Waals surface area contributed by atoms with Crippen molar-refractivity contribution in [2.24, 2.45) is 7.05 Å². The molecule has 0 amide bonds. The van der Waals surface area contributed by atoms with Crippen molar-refractivity contribution in [3.8, 4) is 0 Å². The van der Waals surface area contributed by atoms with E-state index in [-0.39, 0.29) is 0 Å². The number of thiazole rings is 1. The number of hydrogen-bond acceptors (Lipinski definition) is 4. The van der Waals surface area contributed by atoms with E-state index >= 15 is 0 Å². The summed E-state index contributed by atoms with van der Waals surface area (Å²) >= 11 is 4.80. The van der Waals surface area contributed by atoms with E-state index in [2.05, 4.69) is 26.0 Å². The highest BCUT2D eigenvalue weighted by atomic mass is 79.9. The topological polar surface area (TPSA) is 50.9 Å². The summed E-state index contributed by atoms with van der Waals surface area (Å²) in [6, 6.07) is 0. The van der Waals surface area contributed by atoms with Gasteiger partial charge in [0.15, 0.2) is 0 Å². The second-order valence-electron chi connectivity index (χ2n) is 2.82. The Hall–Kier alpha value is -0.720. The fraction of sp³-hybridized carbons (Fsp3) is 0.250. The number of rotatable bonds is 2. The molecule has 4 nitrogen and oxygen atoms in total. The number of hydrogen-bond donors (Lipinski definition) is 1. The molecule has 1 unspecified atom stereocenters. The molecule has 0 aromatic carbocycles. The predicted molar refractivity (Wildman–Crippen MR) is 57.1 cm³/mol. The van der Waals surface area contributed by atoms with E-state index in [4.69, 9.17) is 0 Å². The molecule has 0 aliphatic carbocycles. The minimum atomic E-state index is -0.719. The van der Waals surface area contributed by atoms with E-state index in [9.17, 15) is 5.11 Å². The lowest BCUT2D eigenvalue weighted by Crippen LogP contribution is -2.07. The summed E-state index contributed by atoms with van der Waals surface area (Å²) in [5.74, 6) is 0. The van der Waals surface area contributed by atoms with Crippen LogP contribution in [-0.2, 0) is 7.05 Å². The standard InChI is InChI=1S/C8H8BrN3OS/c1-12-7(5(9)2-11-12)8(13)6-3-14-4-10-6/h2-4,8,13H,1H3. The van der Waals surface area contributed by atoms with E-state index < -0.39 is 6.10 Å². The summed E-state index contributed by atoms with van der Waals surface area (Å²) < 4.78 is 2.43. The van der Waals surface area contributed by atoms with E-state index in [1.54, 1.807) is 23.4 Å². The van der Waals surface area contributed by atoms with Crippen molar-refractivity contribution in [3.63, 3.8) is 0 Å². The van der Waals surface area contributed by atoms with Gasteiger partial charge in [-0.3, -0.25) is 4.68 Å². The Morgan fingerprint density at radius 2 is 2.43 bits per heavy atom. The van der Waals surface area contributed by atoms with Crippen LogP contribution in [0.1, 0.15) is 17.5 Å². The number of aliphatic hydroxyl groups is 1.